The van der Waals surface area contributed by atoms with Crippen molar-refractivity contribution >= 4 is 17.4 Å². The van der Waals surface area contributed by atoms with Crippen LogP contribution in [0.3, 0.4) is 0 Å². The van der Waals surface area contributed by atoms with Gasteiger partial charge in [0, 0.05) is 16.5 Å². The van der Waals surface area contributed by atoms with E-state index in [1.54, 1.807) is 25.3 Å². The first-order chi connectivity index (χ1) is 6.54. The molecule has 0 aliphatic carbocycles. The maximum atomic E-state index is 11.7. The van der Waals surface area contributed by atoms with Crippen LogP contribution in [0.25, 0.3) is 0 Å². The highest BCUT2D eigenvalue weighted by Gasteiger charge is 2.12. The van der Waals surface area contributed by atoms with Crippen LogP contribution in [0.15, 0.2) is 18.2 Å². The van der Waals surface area contributed by atoms with Crippen molar-refractivity contribution in [1.82, 2.24) is 0 Å². The van der Waals surface area contributed by atoms with Crippen LogP contribution in [-0.2, 0) is 0 Å². The highest BCUT2D eigenvalue weighted by Crippen LogP contribution is 2.22. The molecule has 0 aliphatic rings. The minimum atomic E-state index is -0.0295. The minimum Gasteiger partial charge on any atom is -0.497 e. The summed E-state index contributed by atoms with van der Waals surface area (Å²) in [5.74, 6) is 0.658. The molecule has 1 aromatic carbocycles. The van der Waals surface area contributed by atoms with Gasteiger partial charge in [-0.15, -0.1) is 0 Å². The number of carbonyl (C=O) groups is 1. The van der Waals surface area contributed by atoms with Crippen LogP contribution in [0.4, 0.5) is 0 Å². The van der Waals surface area contributed by atoms with Crippen LogP contribution in [0.1, 0.15) is 24.2 Å². The molecule has 0 aromatic heterocycles. The molecule has 0 bridgehead atoms. The number of hydrogen-bond acceptors (Lipinski definition) is 2. The van der Waals surface area contributed by atoms with Crippen molar-refractivity contribution in [2.24, 2.45) is 5.92 Å². The molecule has 1 aromatic rings. The summed E-state index contributed by atoms with van der Waals surface area (Å²) in [7, 11) is 1.55. The van der Waals surface area contributed by atoms with Crippen LogP contribution in [0.2, 0.25) is 5.02 Å². The standard InChI is InChI=1S/C11H13ClO2/c1-7(2)11(13)8-4-9(12)6-10(5-8)14-3/h4-7H,1-3H3. The van der Waals surface area contributed by atoms with E-state index in [2.05, 4.69) is 0 Å². The SMILES string of the molecule is COc1cc(Cl)cc(C(=O)C(C)C)c1. The molecule has 14 heavy (non-hydrogen) atoms. The predicted octanol–water partition coefficient (Wildman–Crippen LogP) is 3.19. The predicted molar refractivity (Wildman–Crippen MR) is 57.2 cm³/mol. The Morgan fingerprint density at radius 1 is 1.36 bits per heavy atom. The van der Waals surface area contributed by atoms with Crippen molar-refractivity contribution in [3.05, 3.63) is 28.8 Å². The van der Waals surface area contributed by atoms with Gasteiger partial charge in [-0.3, -0.25) is 4.79 Å². The van der Waals surface area contributed by atoms with Gasteiger partial charge in [0.15, 0.2) is 5.78 Å². The maximum Gasteiger partial charge on any atom is 0.165 e. The normalized spacial score (nSPS) is 10.4. The molecule has 1 rings (SSSR count). The molecule has 0 saturated heterocycles. The number of halogens is 1. The number of methoxy groups -OCH3 is 1. The van der Waals surface area contributed by atoms with Gasteiger partial charge < -0.3 is 4.74 Å². The van der Waals surface area contributed by atoms with Crippen LogP contribution in [0, 0.1) is 5.92 Å². The molecule has 0 N–H and O–H groups in total. The first kappa shape index (κ1) is 11.1. The van der Waals surface area contributed by atoms with E-state index in [1.807, 2.05) is 13.8 Å². The van der Waals surface area contributed by atoms with Crippen LogP contribution < -0.4 is 4.74 Å². The first-order valence-corrected chi connectivity index (χ1v) is 4.81. The van der Waals surface area contributed by atoms with Gasteiger partial charge in [-0.1, -0.05) is 25.4 Å². The van der Waals surface area contributed by atoms with Gasteiger partial charge in [0.05, 0.1) is 7.11 Å². The largest absolute Gasteiger partial charge is 0.497 e. The van der Waals surface area contributed by atoms with Gasteiger partial charge in [-0.2, -0.15) is 0 Å². The summed E-state index contributed by atoms with van der Waals surface area (Å²) in [6.45, 7) is 3.71. The molecular weight excluding hydrogens is 200 g/mol. The van der Waals surface area contributed by atoms with Crippen molar-refractivity contribution in [3.63, 3.8) is 0 Å². The highest BCUT2D eigenvalue weighted by atomic mass is 35.5. The van der Waals surface area contributed by atoms with Gasteiger partial charge in [-0.05, 0) is 18.2 Å². The Labute approximate surface area is 88.8 Å². The zero-order chi connectivity index (χ0) is 10.7. The van der Waals surface area contributed by atoms with E-state index < -0.39 is 0 Å². The number of hydrogen-bond donors (Lipinski definition) is 0. The van der Waals surface area contributed by atoms with Crippen LogP contribution >= 0.6 is 11.6 Å². The van der Waals surface area contributed by atoms with E-state index >= 15 is 0 Å². The Balaban J connectivity index is 3.09. The monoisotopic (exact) mass is 212 g/mol. The Kier molecular flexibility index (Phi) is 3.53. The van der Waals surface area contributed by atoms with Crippen molar-refractivity contribution in [1.29, 1.82) is 0 Å². The quantitative estimate of drug-likeness (QED) is 0.720. The zero-order valence-corrected chi connectivity index (χ0v) is 9.26. The molecule has 0 radical (unpaired) electrons. The second-order valence-corrected chi connectivity index (χ2v) is 3.84. The van der Waals surface area contributed by atoms with Crippen molar-refractivity contribution in [2.75, 3.05) is 7.11 Å². The van der Waals surface area contributed by atoms with Crippen molar-refractivity contribution in [3.8, 4) is 5.75 Å². The zero-order valence-electron chi connectivity index (χ0n) is 8.50. The summed E-state index contributed by atoms with van der Waals surface area (Å²) in [6, 6.07) is 5.04. The lowest BCUT2D eigenvalue weighted by molar-refractivity contribution is 0.0939. The van der Waals surface area contributed by atoms with Crippen LogP contribution in [-0.4, -0.2) is 12.9 Å². The fraction of sp³-hybridized carbons (Fsp3) is 0.364. The minimum absolute atomic E-state index is 0.0295. The summed E-state index contributed by atoms with van der Waals surface area (Å²) in [5, 5.41) is 0.522. The van der Waals surface area contributed by atoms with Gasteiger partial charge in [0.1, 0.15) is 5.75 Å². The maximum absolute atomic E-state index is 11.7. The van der Waals surface area contributed by atoms with E-state index in [4.69, 9.17) is 16.3 Å². The number of ether oxygens (including phenoxy) is 1. The Bertz CT molecular complexity index is 345. The van der Waals surface area contributed by atoms with Gasteiger partial charge >= 0.3 is 0 Å². The van der Waals surface area contributed by atoms with E-state index in [1.165, 1.54) is 0 Å². The molecule has 0 atom stereocenters. The van der Waals surface area contributed by atoms with Gasteiger partial charge in [0.25, 0.3) is 0 Å². The van der Waals surface area contributed by atoms with E-state index in [0.29, 0.717) is 16.3 Å². The number of ketones is 1. The molecule has 0 fully saturated rings. The van der Waals surface area contributed by atoms with E-state index in [9.17, 15) is 4.79 Å². The van der Waals surface area contributed by atoms with Crippen molar-refractivity contribution < 1.29 is 9.53 Å². The molecule has 3 heteroatoms. The molecule has 2 nitrogen and oxygen atoms in total. The second kappa shape index (κ2) is 4.47. The molecule has 0 saturated carbocycles. The number of Topliss-reactive ketones (excluding diaryl/α,β-unsaturated/α-hetero) is 1. The summed E-state index contributed by atoms with van der Waals surface area (Å²) >= 11 is 5.85. The van der Waals surface area contributed by atoms with E-state index in [0.717, 1.165) is 0 Å². The molecular formula is C11H13ClO2. The summed E-state index contributed by atoms with van der Waals surface area (Å²) in [5.41, 5.74) is 0.601. The summed E-state index contributed by atoms with van der Waals surface area (Å²) in [6.07, 6.45) is 0. The number of rotatable bonds is 3. The third-order valence-corrected chi connectivity index (χ3v) is 2.13. The second-order valence-electron chi connectivity index (χ2n) is 3.40. The number of carbonyl (C=O) groups excluding carboxylic acids is 1. The molecule has 0 heterocycles. The smallest absolute Gasteiger partial charge is 0.165 e. The van der Waals surface area contributed by atoms with Crippen LogP contribution in [0.5, 0.6) is 5.75 Å². The average Bonchev–Trinajstić information content (AvgIpc) is 2.15. The fourth-order valence-electron chi connectivity index (χ4n) is 1.16. The third-order valence-electron chi connectivity index (χ3n) is 1.92. The summed E-state index contributed by atoms with van der Waals surface area (Å²) < 4.78 is 5.03. The molecule has 0 spiro atoms. The Morgan fingerprint density at radius 2 is 2.00 bits per heavy atom. The highest BCUT2D eigenvalue weighted by molar-refractivity contribution is 6.31. The van der Waals surface area contributed by atoms with E-state index in [-0.39, 0.29) is 11.7 Å². The van der Waals surface area contributed by atoms with Gasteiger partial charge in [0.2, 0.25) is 0 Å². The van der Waals surface area contributed by atoms with Crippen molar-refractivity contribution in [2.45, 2.75) is 13.8 Å². The lowest BCUT2D eigenvalue weighted by Gasteiger charge is -2.07. The Morgan fingerprint density at radius 3 is 2.50 bits per heavy atom. The topological polar surface area (TPSA) is 26.3 Å². The first-order valence-electron chi connectivity index (χ1n) is 4.43. The third kappa shape index (κ3) is 2.48. The Hall–Kier alpha value is -1.02. The lowest BCUT2D eigenvalue weighted by atomic mass is 10.0. The average molecular weight is 213 g/mol. The molecule has 0 aliphatic heterocycles. The fourth-order valence-corrected chi connectivity index (χ4v) is 1.38. The molecule has 76 valence electrons. The molecule has 0 amide bonds. The van der Waals surface area contributed by atoms with Gasteiger partial charge in [-0.25, -0.2) is 0 Å². The molecule has 0 unspecified atom stereocenters. The summed E-state index contributed by atoms with van der Waals surface area (Å²) in [4.78, 5) is 11.7. The lowest BCUT2D eigenvalue weighted by Crippen LogP contribution is -2.07. The number of benzene rings is 1.